The van der Waals surface area contributed by atoms with Crippen molar-refractivity contribution in [2.45, 2.75) is 32.7 Å². The molecule has 0 aromatic heterocycles. The first kappa shape index (κ1) is 13.2. The highest BCUT2D eigenvalue weighted by Gasteiger charge is 2.22. The van der Waals surface area contributed by atoms with Gasteiger partial charge in [0, 0.05) is 32.2 Å². The van der Waals surface area contributed by atoms with Gasteiger partial charge in [-0.15, -0.1) is 0 Å². The van der Waals surface area contributed by atoms with E-state index >= 15 is 0 Å². The van der Waals surface area contributed by atoms with Crippen LogP contribution in [-0.4, -0.2) is 37.1 Å². The van der Waals surface area contributed by atoms with Crippen LogP contribution in [0.2, 0.25) is 0 Å². The third-order valence-corrected chi connectivity index (χ3v) is 4.05. The van der Waals surface area contributed by atoms with E-state index in [0.717, 1.165) is 37.9 Å². The van der Waals surface area contributed by atoms with Crippen molar-refractivity contribution in [3.8, 4) is 0 Å². The molecule has 3 nitrogen and oxygen atoms in total. The Labute approximate surface area is 111 Å². The molecule has 0 atom stereocenters. The Bertz CT molecular complexity index is 366. The second-order valence-corrected chi connectivity index (χ2v) is 5.05. The fraction of sp³-hybridized carbons (Fsp3) is 0.600. The molecule has 2 N–H and O–H groups in total. The number of para-hydroxylation sites is 2. The Kier molecular flexibility index (Phi) is 4.48. The van der Waals surface area contributed by atoms with Gasteiger partial charge in [0.15, 0.2) is 0 Å². The van der Waals surface area contributed by atoms with E-state index in [2.05, 4.69) is 35.8 Å². The van der Waals surface area contributed by atoms with Crippen LogP contribution in [0.1, 0.15) is 26.7 Å². The molecule has 0 radical (unpaired) electrons. The molecule has 0 amide bonds. The average molecular weight is 247 g/mol. The number of piperazine rings is 1. The van der Waals surface area contributed by atoms with Gasteiger partial charge in [-0.3, -0.25) is 4.90 Å². The molecule has 2 rings (SSSR count). The molecule has 3 heteroatoms. The molecule has 0 aliphatic carbocycles. The van der Waals surface area contributed by atoms with Crippen molar-refractivity contribution < 1.29 is 0 Å². The summed E-state index contributed by atoms with van der Waals surface area (Å²) in [6, 6.07) is 8.93. The first-order valence-corrected chi connectivity index (χ1v) is 7.09. The number of nitrogens with two attached hydrogens (primary N) is 1. The zero-order valence-corrected chi connectivity index (χ0v) is 11.6. The average Bonchev–Trinajstić information content (AvgIpc) is 2.42. The Morgan fingerprint density at radius 1 is 1.06 bits per heavy atom. The minimum atomic E-state index is 0.750. The van der Waals surface area contributed by atoms with Gasteiger partial charge in [-0.2, -0.15) is 0 Å². The van der Waals surface area contributed by atoms with E-state index < -0.39 is 0 Å². The van der Waals surface area contributed by atoms with Gasteiger partial charge in [-0.1, -0.05) is 26.0 Å². The van der Waals surface area contributed by atoms with Crippen LogP contribution in [0.25, 0.3) is 0 Å². The smallest absolute Gasteiger partial charge is 0.0600 e. The van der Waals surface area contributed by atoms with Crippen LogP contribution >= 0.6 is 0 Å². The molecule has 1 aliphatic rings. The predicted octanol–water partition coefficient (Wildman–Crippen LogP) is 2.58. The van der Waals surface area contributed by atoms with Gasteiger partial charge in [0.25, 0.3) is 0 Å². The molecule has 18 heavy (non-hydrogen) atoms. The van der Waals surface area contributed by atoms with E-state index in [1.165, 1.54) is 18.5 Å². The van der Waals surface area contributed by atoms with Gasteiger partial charge in [0.1, 0.15) is 0 Å². The van der Waals surface area contributed by atoms with Crippen molar-refractivity contribution in [3.05, 3.63) is 24.3 Å². The maximum atomic E-state index is 6.04. The first-order valence-electron chi connectivity index (χ1n) is 7.09. The lowest BCUT2D eigenvalue weighted by atomic mass is 10.1. The fourth-order valence-electron chi connectivity index (χ4n) is 2.91. The standard InChI is InChI=1S/C15H25N3/c1-3-13(4-2)17-9-11-18(12-10-17)15-8-6-5-7-14(15)16/h5-8,13H,3-4,9-12,16H2,1-2H3. The van der Waals surface area contributed by atoms with Crippen molar-refractivity contribution in [2.24, 2.45) is 0 Å². The largest absolute Gasteiger partial charge is 0.397 e. The topological polar surface area (TPSA) is 32.5 Å². The molecule has 0 saturated carbocycles. The third-order valence-electron chi connectivity index (χ3n) is 4.05. The molecule has 100 valence electrons. The van der Waals surface area contributed by atoms with Crippen LogP contribution in [-0.2, 0) is 0 Å². The predicted molar refractivity (Wildman–Crippen MR) is 79.0 cm³/mol. The molecule has 1 saturated heterocycles. The van der Waals surface area contributed by atoms with E-state index in [-0.39, 0.29) is 0 Å². The number of hydrogen-bond donors (Lipinski definition) is 1. The number of nitrogen functional groups attached to an aromatic ring is 1. The van der Waals surface area contributed by atoms with Crippen LogP contribution in [0.3, 0.4) is 0 Å². The minimum Gasteiger partial charge on any atom is -0.397 e. The summed E-state index contributed by atoms with van der Waals surface area (Å²) in [6.07, 6.45) is 2.51. The van der Waals surface area contributed by atoms with Gasteiger partial charge >= 0.3 is 0 Å². The maximum absolute atomic E-state index is 6.04. The summed E-state index contributed by atoms with van der Waals surface area (Å²) < 4.78 is 0. The SMILES string of the molecule is CCC(CC)N1CCN(c2ccccc2N)CC1. The van der Waals surface area contributed by atoms with Gasteiger partial charge in [0.2, 0.25) is 0 Å². The Balaban J connectivity index is 1.96. The van der Waals surface area contributed by atoms with Gasteiger partial charge in [0.05, 0.1) is 11.4 Å². The molecule has 1 aromatic carbocycles. The lowest BCUT2D eigenvalue weighted by Gasteiger charge is -2.40. The van der Waals surface area contributed by atoms with Crippen molar-refractivity contribution >= 4 is 11.4 Å². The fourth-order valence-corrected chi connectivity index (χ4v) is 2.91. The van der Waals surface area contributed by atoms with Crippen LogP contribution in [0.15, 0.2) is 24.3 Å². The lowest BCUT2D eigenvalue weighted by Crippen LogP contribution is -2.50. The zero-order valence-electron chi connectivity index (χ0n) is 11.6. The molecule has 0 spiro atoms. The zero-order chi connectivity index (χ0) is 13.0. The number of benzene rings is 1. The molecule has 1 aliphatic heterocycles. The van der Waals surface area contributed by atoms with Gasteiger partial charge in [-0.25, -0.2) is 0 Å². The number of rotatable bonds is 4. The van der Waals surface area contributed by atoms with Crippen LogP contribution in [0.5, 0.6) is 0 Å². The maximum Gasteiger partial charge on any atom is 0.0600 e. The summed E-state index contributed by atoms with van der Waals surface area (Å²) in [5.41, 5.74) is 8.14. The van der Waals surface area contributed by atoms with E-state index in [9.17, 15) is 0 Å². The van der Waals surface area contributed by atoms with Crippen molar-refractivity contribution in [2.75, 3.05) is 36.8 Å². The van der Waals surface area contributed by atoms with E-state index in [0.29, 0.717) is 0 Å². The number of nitrogens with zero attached hydrogens (tertiary/aromatic N) is 2. The summed E-state index contributed by atoms with van der Waals surface area (Å²) in [7, 11) is 0. The van der Waals surface area contributed by atoms with Crippen molar-refractivity contribution in [1.29, 1.82) is 0 Å². The summed E-state index contributed by atoms with van der Waals surface area (Å²) in [5.74, 6) is 0. The molecule has 0 unspecified atom stereocenters. The summed E-state index contributed by atoms with van der Waals surface area (Å²) in [4.78, 5) is 5.03. The van der Waals surface area contributed by atoms with Crippen molar-refractivity contribution in [1.82, 2.24) is 4.90 Å². The molecule has 1 aromatic rings. The Morgan fingerprint density at radius 2 is 1.67 bits per heavy atom. The van der Waals surface area contributed by atoms with Crippen molar-refractivity contribution in [3.63, 3.8) is 0 Å². The Hall–Kier alpha value is -1.22. The van der Waals surface area contributed by atoms with Crippen LogP contribution < -0.4 is 10.6 Å². The summed E-state index contributed by atoms with van der Waals surface area (Å²) >= 11 is 0. The van der Waals surface area contributed by atoms with E-state index in [1.54, 1.807) is 0 Å². The normalized spacial score (nSPS) is 17.4. The van der Waals surface area contributed by atoms with Gasteiger partial charge in [-0.05, 0) is 25.0 Å². The molecule has 1 heterocycles. The van der Waals surface area contributed by atoms with E-state index in [1.807, 2.05) is 12.1 Å². The monoisotopic (exact) mass is 247 g/mol. The van der Waals surface area contributed by atoms with Crippen LogP contribution in [0, 0.1) is 0 Å². The number of hydrogen-bond acceptors (Lipinski definition) is 3. The quantitative estimate of drug-likeness (QED) is 0.830. The molecule has 1 fully saturated rings. The second kappa shape index (κ2) is 6.10. The van der Waals surface area contributed by atoms with Crippen LogP contribution in [0.4, 0.5) is 11.4 Å². The summed E-state index contributed by atoms with van der Waals surface area (Å²) in [6.45, 7) is 9.06. The Morgan fingerprint density at radius 3 is 2.22 bits per heavy atom. The highest BCUT2D eigenvalue weighted by atomic mass is 15.3. The number of anilines is 2. The van der Waals surface area contributed by atoms with Gasteiger partial charge < -0.3 is 10.6 Å². The van der Waals surface area contributed by atoms with E-state index in [4.69, 9.17) is 5.73 Å². The molecular formula is C15H25N3. The highest BCUT2D eigenvalue weighted by Crippen LogP contribution is 2.24. The molecular weight excluding hydrogens is 222 g/mol. The highest BCUT2D eigenvalue weighted by molar-refractivity contribution is 5.67. The molecule has 0 bridgehead atoms. The first-order chi connectivity index (χ1) is 8.76. The second-order valence-electron chi connectivity index (χ2n) is 5.05. The summed E-state index contributed by atoms with van der Waals surface area (Å²) in [5, 5.41) is 0. The minimum absolute atomic E-state index is 0.750. The third kappa shape index (κ3) is 2.78. The lowest BCUT2D eigenvalue weighted by molar-refractivity contribution is 0.175.